The van der Waals surface area contributed by atoms with Gasteiger partial charge < -0.3 is 24.1 Å². The van der Waals surface area contributed by atoms with Crippen molar-refractivity contribution >= 4 is 38.6 Å². The number of nitrogens with one attached hydrogen (secondary N) is 1. The third-order valence-electron chi connectivity index (χ3n) is 4.88. The number of hydrogen-bond donors (Lipinski definition) is 1. The molecule has 0 aliphatic rings. The molecule has 0 saturated carbocycles. The smallest absolute Gasteiger partial charge is 0.244 e. The van der Waals surface area contributed by atoms with Crippen LogP contribution in [0.5, 0.6) is 17.2 Å². The number of hydrogen-bond acceptors (Lipinski definition) is 5. The number of carbonyl (C=O) groups is 1. The molecule has 0 aliphatic carbocycles. The number of halogens is 1. The van der Waals surface area contributed by atoms with Gasteiger partial charge in [0.25, 0.3) is 0 Å². The number of benzene rings is 3. The first-order valence-corrected chi connectivity index (χ1v) is 10.7. The minimum atomic E-state index is -0.190. The van der Waals surface area contributed by atoms with E-state index in [0.717, 1.165) is 21.3 Å². The van der Waals surface area contributed by atoms with Crippen LogP contribution in [0, 0.1) is 0 Å². The number of nitrogens with zero attached hydrogens (tertiary/aromatic N) is 2. The van der Waals surface area contributed by atoms with Crippen molar-refractivity contribution in [1.82, 2.24) is 9.55 Å². The number of anilines is 1. The second-order valence-electron chi connectivity index (χ2n) is 6.96. The molecule has 0 saturated heterocycles. The lowest BCUT2D eigenvalue weighted by atomic mass is 10.2. The highest BCUT2D eigenvalue weighted by atomic mass is 79.9. The fraction of sp³-hybridized carbons (Fsp3) is 0.167. The molecule has 0 aliphatic heterocycles. The summed E-state index contributed by atoms with van der Waals surface area (Å²) in [6, 6.07) is 20.5. The number of ether oxygens (including phenoxy) is 3. The van der Waals surface area contributed by atoms with Crippen LogP contribution in [0.3, 0.4) is 0 Å². The van der Waals surface area contributed by atoms with Gasteiger partial charge >= 0.3 is 0 Å². The molecular formula is C24H22BrN3O4. The van der Waals surface area contributed by atoms with Gasteiger partial charge in [0, 0.05) is 16.2 Å². The van der Waals surface area contributed by atoms with E-state index in [-0.39, 0.29) is 19.1 Å². The van der Waals surface area contributed by atoms with E-state index in [0.29, 0.717) is 23.0 Å². The lowest BCUT2D eigenvalue weighted by Crippen LogP contribution is -2.20. The van der Waals surface area contributed by atoms with Gasteiger partial charge in [0.1, 0.15) is 24.7 Å². The average Bonchev–Trinajstić information content (AvgIpc) is 3.15. The van der Waals surface area contributed by atoms with E-state index in [4.69, 9.17) is 14.2 Å². The molecular weight excluding hydrogens is 474 g/mol. The highest BCUT2D eigenvalue weighted by molar-refractivity contribution is 9.10. The Morgan fingerprint density at radius 2 is 1.75 bits per heavy atom. The molecule has 0 fully saturated rings. The number of methoxy groups -OCH3 is 2. The van der Waals surface area contributed by atoms with Crippen molar-refractivity contribution in [2.75, 3.05) is 19.5 Å². The largest absolute Gasteiger partial charge is 0.493 e. The second kappa shape index (κ2) is 9.74. The normalized spacial score (nSPS) is 10.7. The number of rotatable bonds is 8. The van der Waals surface area contributed by atoms with Gasteiger partial charge in [-0.25, -0.2) is 4.98 Å². The van der Waals surface area contributed by atoms with Gasteiger partial charge in [-0.05, 0) is 48.5 Å². The summed E-state index contributed by atoms with van der Waals surface area (Å²) in [7, 11) is 3.12. The highest BCUT2D eigenvalue weighted by Gasteiger charge is 2.15. The third-order valence-corrected chi connectivity index (χ3v) is 5.41. The van der Waals surface area contributed by atoms with Crippen LogP contribution in [0.2, 0.25) is 0 Å². The molecule has 7 nitrogen and oxygen atoms in total. The molecule has 0 unspecified atom stereocenters. The summed E-state index contributed by atoms with van der Waals surface area (Å²) in [4.78, 5) is 17.5. The minimum absolute atomic E-state index is 0.0912. The van der Waals surface area contributed by atoms with E-state index in [1.165, 1.54) is 0 Å². The topological polar surface area (TPSA) is 74.6 Å². The molecule has 4 aromatic rings. The van der Waals surface area contributed by atoms with Crippen LogP contribution >= 0.6 is 15.9 Å². The Labute approximate surface area is 194 Å². The molecule has 1 aromatic heterocycles. The number of carbonyl (C=O) groups excluding carboxylic acids is 1. The summed E-state index contributed by atoms with van der Waals surface area (Å²) < 4.78 is 19.3. The fourth-order valence-electron chi connectivity index (χ4n) is 3.35. The Kier molecular flexibility index (Phi) is 6.61. The second-order valence-corrected chi connectivity index (χ2v) is 7.88. The maximum absolute atomic E-state index is 12.9. The summed E-state index contributed by atoms with van der Waals surface area (Å²) in [6.07, 6.45) is 0. The summed E-state index contributed by atoms with van der Waals surface area (Å²) in [6.45, 7) is 0.327. The predicted octanol–water partition coefficient (Wildman–Crippen LogP) is 5.03. The van der Waals surface area contributed by atoms with Crippen molar-refractivity contribution in [2.45, 2.75) is 13.2 Å². The quantitative estimate of drug-likeness (QED) is 0.370. The first-order valence-electron chi connectivity index (χ1n) is 9.92. The summed E-state index contributed by atoms with van der Waals surface area (Å²) in [5.74, 6) is 2.34. The van der Waals surface area contributed by atoms with Crippen molar-refractivity contribution in [2.24, 2.45) is 0 Å². The number of amides is 1. The van der Waals surface area contributed by atoms with Gasteiger partial charge in [0.15, 0.2) is 11.5 Å². The maximum atomic E-state index is 12.9. The first-order chi connectivity index (χ1) is 15.6. The van der Waals surface area contributed by atoms with E-state index in [2.05, 4.69) is 26.2 Å². The number of para-hydroxylation sites is 2. The van der Waals surface area contributed by atoms with Gasteiger partial charge in [-0.15, -0.1) is 0 Å². The molecule has 1 amide bonds. The molecule has 164 valence electrons. The van der Waals surface area contributed by atoms with E-state index in [1.807, 2.05) is 53.1 Å². The Morgan fingerprint density at radius 1 is 1.00 bits per heavy atom. The van der Waals surface area contributed by atoms with Crippen molar-refractivity contribution < 1.29 is 19.0 Å². The number of fused-ring (bicyclic) bond motifs is 1. The summed E-state index contributed by atoms with van der Waals surface area (Å²) >= 11 is 3.42. The van der Waals surface area contributed by atoms with Crippen LogP contribution in [0.4, 0.5) is 5.69 Å². The Bertz CT molecular complexity index is 1240. The zero-order valence-corrected chi connectivity index (χ0v) is 19.3. The van der Waals surface area contributed by atoms with Gasteiger partial charge in [-0.1, -0.05) is 28.1 Å². The molecule has 1 heterocycles. The molecule has 0 atom stereocenters. The molecule has 0 spiro atoms. The molecule has 0 radical (unpaired) electrons. The van der Waals surface area contributed by atoms with E-state index < -0.39 is 0 Å². The van der Waals surface area contributed by atoms with Gasteiger partial charge in [0.05, 0.1) is 25.3 Å². The van der Waals surface area contributed by atoms with Crippen LogP contribution in [0.25, 0.3) is 11.0 Å². The van der Waals surface area contributed by atoms with Crippen LogP contribution in [-0.4, -0.2) is 29.7 Å². The highest BCUT2D eigenvalue weighted by Crippen LogP contribution is 2.30. The van der Waals surface area contributed by atoms with Gasteiger partial charge in [-0.2, -0.15) is 0 Å². The van der Waals surface area contributed by atoms with Crippen LogP contribution in [0.1, 0.15) is 5.82 Å². The molecule has 0 bridgehead atoms. The number of aromatic nitrogens is 2. The molecule has 8 heteroatoms. The van der Waals surface area contributed by atoms with Crippen molar-refractivity contribution in [3.05, 3.63) is 77.0 Å². The lowest BCUT2D eigenvalue weighted by molar-refractivity contribution is -0.116. The summed E-state index contributed by atoms with van der Waals surface area (Å²) in [5, 5.41) is 2.91. The van der Waals surface area contributed by atoms with Gasteiger partial charge in [-0.3, -0.25) is 4.79 Å². The Balaban J connectivity index is 1.54. The predicted molar refractivity (Wildman–Crippen MR) is 126 cm³/mol. The standard InChI is InChI=1S/C24H22BrN3O4/c1-30-21-12-9-17(13-22(21)31-2)26-24(29)14-28-20-6-4-3-5-19(20)27-23(28)15-32-18-10-7-16(25)8-11-18/h3-13H,14-15H2,1-2H3,(H,26,29). The molecule has 1 N–H and O–H groups in total. The van der Waals surface area contributed by atoms with E-state index >= 15 is 0 Å². The molecule has 32 heavy (non-hydrogen) atoms. The van der Waals surface area contributed by atoms with Gasteiger partial charge in [0.2, 0.25) is 5.91 Å². The number of imidazole rings is 1. The third kappa shape index (κ3) is 4.86. The zero-order chi connectivity index (χ0) is 22.5. The van der Waals surface area contributed by atoms with Crippen LogP contribution in [0.15, 0.2) is 71.2 Å². The minimum Gasteiger partial charge on any atom is -0.493 e. The Hall–Kier alpha value is -3.52. The van der Waals surface area contributed by atoms with E-state index in [9.17, 15) is 4.79 Å². The molecule has 4 rings (SSSR count). The Morgan fingerprint density at radius 3 is 2.50 bits per heavy atom. The first kappa shape index (κ1) is 21.7. The lowest BCUT2D eigenvalue weighted by Gasteiger charge is -2.13. The molecule has 3 aromatic carbocycles. The SMILES string of the molecule is COc1ccc(NC(=O)Cn2c(COc3ccc(Br)cc3)nc3ccccc32)cc1OC. The van der Waals surface area contributed by atoms with Crippen LogP contribution in [-0.2, 0) is 17.9 Å². The van der Waals surface area contributed by atoms with E-state index in [1.54, 1.807) is 32.4 Å². The van der Waals surface area contributed by atoms with Crippen molar-refractivity contribution in [1.29, 1.82) is 0 Å². The average molecular weight is 496 g/mol. The maximum Gasteiger partial charge on any atom is 0.244 e. The zero-order valence-electron chi connectivity index (χ0n) is 17.7. The monoisotopic (exact) mass is 495 g/mol. The van der Waals surface area contributed by atoms with Crippen molar-refractivity contribution in [3.63, 3.8) is 0 Å². The van der Waals surface area contributed by atoms with Crippen molar-refractivity contribution in [3.8, 4) is 17.2 Å². The van der Waals surface area contributed by atoms with Crippen LogP contribution < -0.4 is 19.5 Å². The summed E-state index contributed by atoms with van der Waals surface area (Å²) in [5.41, 5.74) is 2.29. The fourth-order valence-corrected chi connectivity index (χ4v) is 3.61.